The maximum atomic E-state index is 13.5. The van der Waals surface area contributed by atoms with E-state index < -0.39 is 23.7 Å². The van der Waals surface area contributed by atoms with Crippen LogP contribution in [0.3, 0.4) is 0 Å². The van der Waals surface area contributed by atoms with Crippen molar-refractivity contribution in [3.05, 3.63) is 46.2 Å². The number of nitrogen functional groups attached to an aromatic ring is 1. The van der Waals surface area contributed by atoms with Gasteiger partial charge in [0.05, 0.1) is 5.69 Å². The summed E-state index contributed by atoms with van der Waals surface area (Å²) < 4.78 is 17.3. The average molecular weight is 462 g/mol. The third-order valence-electron chi connectivity index (χ3n) is 5.63. The van der Waals surface area contributed by atoms with E-state index >= 15 is 0 Å². The number of halogens is 1. The van der Waals surface area contributed by atoms with Gasteiger partial charge in [-0.1, -0.05) is 38.3 Å². The molecule has 3 rings (SSSR count). The molecule has 1 aromatic carbocycles. The number of hydrogen-bond donors (Lipinski definition) is 3. The van der Waals surface area contributed by atoms with E-state index in [1.54, 1.807) is 12.1 Å². The molecule has 0 bridgehead atoms. The van der Waals surface area contributed by atoms with Crippen LogP contribution >= 0.6 is 11.5 Å². The maximum absolute atomic E-state index is 13.5. The van der Waals surface area contributed by atoms with Gasteiger partial charge >= 0.3 is 0 Å². The normalized spacial score (nSPS) is 14.8. The largest absolute Gasteiger partial charge is 0.395 e. The molecule has 1 aliphatic carbocycles. The number of carbonyl (C=O) groups is 3. The summed E-state index contributed by atoms with van der Waals surface area (Å²) in [4.78, 5) is 39.8. The van der Waals surface area contributed by atoms with Gasteiger partial charge in [-0.05, 0) is 48.5 Å². The Morgan fingerprint density at radius 3 is 2.47 bits per heavy atom. The lowest BCUT2D eigenvalue weighted by Gasteiger charge is -2.31. The van der Waals surface area contributed by atoms with Crippen molar-refractivity contribution in [2.75, 3.05) is 5.73 Å². The number of anilines is 1. The first-order valence-electron chi connectivity index (χ1n) is 10.7. The number of nitrogens with zero attached hydrogens (tertiary/aromatic N) is 2. The van der Waals surface area contributed by atoms with Gasteiger partial charge in [0.1, 0.15) is 16.7 Å². The molecule has 8 nitrogen and oxygen atoms in total. The molecule has 0 saturated heterocycles. The van der Waals surface area contributed by atoms with Crippen LogP contribution < -0.4 is 16.8 Å². The minimum absolute atomic E-state index is 0.0516. The molecule has 2 aromatic rings. The molecular weight excluding hydrogens is 433 g/mol. The van der Waals surface area contributed by atoms with Crippen molar-refractivity contribution >= 4 is 34.9 Å². The van der Waals surface area contributed by atoms with Crippen LogP contribution in [-0.2, 0) is 11.3 Å². The lowest BCUT2D eigenvalue weighted by atomic mass is 10.1. The monoisotopic (exact) mass is 461 g/mol. The number of rotatable bonds is 9. The van der Waals surface area contributed by atoms with Crippen molar-refractivity contribution in [1.82, 2.24) is 14.6 Å². The van der Waals surface area contributed by atoms with Crippen molar-refractivity contribution in [2.24, 2.45) is 5.73 Å². The van der Waals surface area contributed by atoms with Gasteiger partial charge in [-0.25, -0.2) is 4.39 Å². The van der Waals surface area contributed by atoms with Crippen LogP contribution in [0.15, 0.2) is 24.3 Å². The molecule has 0 unspecified atom stereocenters. The van der Waals surface area contributed by atoms with Crippen molar-refractivity contribution in [2.45, 2.75) is 64.1 Å². The van der Waals surface area contributed by atoms with Crippen molar-refractivity contribution in [1.29, 1.82) is 0 Å². The van der Waals surface area contributed by atoms with Gasteiger partial charge in [0.25, 0.3) is 11.8 Å². The molecule has 10 heteroatoms. The standard InChI is InChI=1S/C22H28FN5O3S/c1-2-5-16(21(30)26-15-6-3-4-7-15)28(12-13-8-10-14(23)11-9-13)22(31)19-17(24)18(20(25)29)27-32-19/h8-11,15-16H,2-7,12,24H2,1H3,(H2,25,29)(H,26,30)/t16-/m0/s1. The molecule has 1 heterocycles. The van der Waals surface area contributed by atoms with E-state index in [2.05, 4.69) is 9.69 Å². The zero-order valence-corrected chi connectivity index (χ0v) is 18.8. The Morgan fingerprint density at radius 2 is 1.91 bits per heavy atom. The first kappa shape index (κ1) is 23.6. The zero-order valence-electron chi connectivity index (χ0n) is 18.0. The number of nitrogens with two attached hydrogens (primary N) is 2. The number of nitrogens with one attached hydrogen (secondary N) is 1. The summed E-state index contributed by atoms with van der Waals surface area (Å²) in [6, 6.07) is 5.09. The Hall–Kier alpha value is -3.01. The highest BCUT2D eigenvalue weighted by atomic mass is 32.1. The van der Waals surface area contributed by atoms with E-state index in [1.807, 2.05) is 6.92 Å². The van der Waals surface area contributed by atoms with Crippen LogP contribution in [-0.4, -0.2) is 39.1 Å². The Morgan fingerprint density at radius 1 is 1.25 bits per heavy atom. The molecule has 0 aliphatic heterocycles. The van der Waals surface area contributed by atoms with Gasteiger partial charge in [0.2, 0.25) is 5.91 Å². The second-order valence-corrected chi connectivity index (χ2v) is 8.77. The fourth-order valence-electron chi connectivity index (χ4n) is 3.94. The number of aromatic nitrogens is 1. The van der Waals surface area contributed by atoms with Crippen LogP contribution in [0.2, 0.25) is 0 Å². The second kappa shape index (κ2) is 10.5. The van der Waals surface area contributed by atoms with Crippen LogP contribution in [0.5, 0.6) is 0 Å². The van der Waals surface area contributed by atoms with E-state index in [1.165, 1.54) is 17.0 Å². The fraction of sp³-hybridized carbons (Fsp3) is 0.455. The topological polar surface area (TPSA) is 131 Å². The van der Waals surface area contributed by atoms with Crippen LogP contribution in [0.1, 0.15) is 71.2 Å². The highest BCUT2D eigenvalue weighted by Gasteiger charge is 2.34. The van der Waals surface area contributed by atoms with Crippen LogP contribution in [0, 0.1) is 5.82 Å². The molecule has 1 saturated carbocycles. The molecule has 1 atom stereocenters. The minimum atomic E-state index is -0.827. The summed E-state index contributed by atoms with van der Waals surface area (Å²) in [5.41, 5.74) is 11.7. The van der Waals surface area contributed by atoms with E-state index in [0.717, 1.165) is 37.2 Å². The van der Waals surface area contributed by atoms with Gasteiger partial charge in [-0.15, -0.1) is 0 Å². The average Bonchev–Trinajstić information content (AvgIpc) is 3.41. The molecular formula is C22H28FN5O3S. The summed E-state index contributed by atoms with van der Waals surface area (Å²) in [6.45, 7) is 2.01. The number of benzene rings is 1. The number of amides is 3. The van der Waals surface area contributed by atoms with Crippen LogP contribution in [0.25, 0.3) is 0 Å². The second-order valence-electron chi connectivity index (χ2n) is 7.99. The van der Waals surface area contributed by atoms with E-state index in [-0.39, 0.29) is 34.8 Å². The van der Waals surface area contributed by atoms with Crippen molar-refractivity contribution in [3.8, 4) is 0 Å². The molecule has 32 heavy (non-hydrogen) atoms. The van der Waals surface area contributed by atoms with Crippen LogP contribution in [0.4, 0.5) is 10.1 Å². The highest BCUT2D eigenvalue weighted by Crippen LogP contribution is 2.27. The Labute approximate surface area is 190 Å². The molecule has 5 N–H and O–H groups in total. The first-order chi connectivity index (χ1) is 15.3. The third-order valence-corrected chi connectivity index (χ3v) is 6.48. The van der Waals surface area contributed by atoms with Crippen molar-refractivity contribution in [3.63, 3.8) is 0 Å². The van der Waals surface area contributed by atoms with Gasteiger partial charge < -0.3 is 21.7 Å². The maximum Gasteiger partial charge on any atom is 0.270 e. The lowest BCUT2D eigenvalue weighted by Crippen LogP contribution is -2.51. The SMILES string of the molecule is CCC[C@@H](C(=O)NC1CCCC1)N(Cc1ccc(F)cc1)C(=O)c1snc(C(N)=O)c1N. The van der Waals surface area contributed by atoms with E-state index in [0.29, 0.717) is 18.4 Å². The summed E-state index contributed by atoms with van der Waals surface area (Å²) in [7, 11) is 0. The molecule has 1 fully saturated rings. The summed E-state index contributed by atoms with van der Waals surface area (Å²) in [6.07, 6.45) is 5.07. The summed E-state index contributed by atoms with van der Waals surface area (Å²) in [5.74, 6) is -1.97. The molecule has 0 radical (unpaired) electrons. The summed E-state index contributed by atoms with van der Waals surface area (Å²) in [5, 5.41) is 3.07. The third kappa shape index (κ3) is 5.42. The van der Waals surface area contributed by atoms with Gasteiger partial charge in [0.15, 0.2) is 5.69 Å². The predicted molar refractivity (Wildman–Crippen MR) is 120 cm³/mol. The quantitative estimate of drug-likeness (QED) is 0.528. The Bertz CT molecular complexity index is 972. The predicted octanol–water partition coefficient (Wildman–Crippen LogP) is 2.83. The minimum Gasteiger partial charge on any atom is -0.395 e. The molecule has 1 aromatic heterocycles. The van der Waals surface area contributed by atoms with Gasteiger partial charge in [-0.3, -0.25) is 14.4 Å². The molecule has 172 valence electrons. The Kier molecular flexibility index (Phi) is 7.79. The molecule has 1 aliphatic rings. The highest BCUT2D eigenvalue weighted by molar-refractivity contribution is 7.09. The number of hydrogen-bond acceptors (Lipinski definition) is 6. The van der Waals surface area contributed by atoms with E-state index in [4.69, 9.17) is 11.5 Å². The van der Waals surface area contributed by atoms with Gasteiger partial charge in [0, 0.05) is 12.6 Å². The fourth-order valence-corrected chi connectivity index (χ4v) is 4.70. The zero-order chi connectivity index (χ0) is 23.3. The number of carbonyl (C=O) groups excluding carboxylic acids is 3. The number of primary amides is 1. The lowest BCUT2D eigenvalue weighted by molar-refractivity contribution is -0.126. The van der Waals surface area contributed by atoms with Crippen molar-refractivity contribution < 1.29 is 18.8 Å². The first-order valence-corrected chi connectivity index (χ1v) is 11.5. The molecule has 0 spiro atoms. The Balaban J connectivity index is 1.95. The summed E-state index contributed by atoms with van der Waals surface area (Å²) >= 11 is 0.775. The molecule has 3 amide bonds. The smallest absolute Gasteiger partial charge is 0.270 e. The van der Waals surface area contributed by atoms with Gasteiger partial charge in [-0.2, -0.15) is 4.37 Å². The van der Waals surface area contributed by atoms with E-state index in [9.17, 15) is 18.8 Å².